The number of para-hydroxylation sites is 1. The number of benzene rings is 2. The summed E-state index contributed by atoms with van der Waals surface area (Å²) in [5.41, 5.74) is 1.12. The maximum atomic E-state index is 12.9. The molecule has 0 aliphatic carbocycles. The van der Waals surface area contributed by atoms with Crippen LogP contribution in [0.4, 0.5) is 0 Å². The molecular formula is C22H22N2O5S. The van der Waals surface area contributed by atoms with Gasteiger partial charge in [0.1, 0.15) is 17.4 Å². The van der Waals surface area contributed by atoms with E-state index in [1.54, 1.807) is 6.20 Å². The van der Waals surface area contributed by atoms with Gasteiger partial charge in [-0.3, -0.25) is 4.98 Å². The van der Waals surface area contributed by atoms with Crippen LogP contribution in [0.2, 0.25) is 0 Å². The van der Waals surface area contributed by atoms with Crippen molar-refractivity contribution in [1.29, 1.82) is 0 Å². The molecule has 1 aliphatic heterocycles. The summed E-state index contributed by atoms with van der Waals surface area (Å²) in [6.45, 7) is 0.730. The lowest BCUT2D eigenvalue weighted by molar-refractivity contribution is 0.0600. The lowest BCUT2D eigenvalue weighted by atomic mass is 10.1. The van der Waals surface area contributed by atoms with E-state index >= 15 is 0 Å². The Bertz CT molecular complexity index is 1150. The van der Waals surface area contributed by atoms with Crippen molar-refractivity contribution in [3.63, 3.8) is 0 Å². The molecule has 0 radical (unpaired) electrons. The summed E-state index contributed by atoms with van der Waals surface area (Å²) in [6.07, 6.45) is 2.83. The second-order valence-corrected chi connectivity index (χ2v) is 9.01. The quantitative estimate of drug-likeness (QED) is 0.582. The zero-order valence-electron chi connectivity index (χ0n) is 16.5. The Kier molecular flexibility index (Phi) is 5.69. The molecule has 2 aromatic carbocycles. The van der Waals surface area contributed by atoms with Gasteiger partial charge in [-0.05, 0) is 49.2 Å². The van der Waals surface area contributed by atoms with E-state index in [1.807, 2.05) is 30.3 Å². The van der Waals surface area contributed by atoms with Crippen LogP contribution >= 0.6 is 0 Å². The third-order valence-electron chi connectivity index (χ3n) is 5.20. The minimum atomic E-state index is -3.63. The first kappa shape index (κ1) is 20.3. The standard InChI is InChI=1S/C22H22N2O5S/c1-28-22(25)17-7-9-19(10-8-17)30(26,27)24-14-11-18(12-15-24)29-20-6-2-4-16-5-3-13-23-21(16)20/h2-10,13,18H,11-12,14-15H2,1H3. The van der Waals surface area contributed by atoms with Crippen molar-refractivity contribution < 1.29 is 22.7 Å². The molecule has 0 amide bonds. The number of aromatic nitrogens is 1. The molecule has 4 rings (SSSR count). The maximum Gasteiger partial charge on any atom is 0.337 e. The van der Waals surface area contributed by atoms with Crippen molar-refractivity contribution in [2.45, 2.75) is 23.8 Å². The number of fused-ring (bicyclic) bond motifs is 1. The molecule has 0 N–H and O–H groups in total. The van der Waals surface area contributed by atoms with Gasteiger partial charge < -0.3 is 9.47 Å². The van der Waals surface area contributed by atoms with Gasteiger partial charge in [-0.25, -0.2) is 13.2 Å². The Hall–Kier alpha value is -2.97. The highest BCUT2D eigenvalue weighted by molar-refractivity contribution is 7.89. The van der Waals surface area contributed by atoms with Gasteiger partial charge in [-0.15, -0.1) is 0 Å². The Balaban J connectivity index is 1.43. The van der Waals surface area contributed by atoms with E-state index in [2.05, 4.69) is 9.72 Å². The Labute approximate surface area is 175 Å². The van der Waals surface area contributed by atoms with Crippen molar-refractivity contribution in [3.05, 3.63) is 66.4 Å². The molecule has 2 heterocycles. The molecular weight excluding hydrogens is 404 g/mol. The van der Waals surface area contributed by atoms with Crippen molar-refractivity contribution in [2.75, 3.05) is 20.2 Å². The number of nitrogens with zero attached hydrogens (tertiary/aromatic N) is 2. The first-order valence-electron chi connectivity index (χ1n) is 9.68. The predicted octanol–water partition coefficient (Wildman–Crippen LogP) is 3.25. The molecule has 0 spiro atoms. The van der Waals surface area contributed by atoms with Gasteiger partial charge in [-0.1, -0.05) is 18.2 Å². The van der Waals surface area contributed by atoms with Crippen molar-refractivity contribution >= 4 is 26.9 Å². The summed E-state index contributed by atoms with van der Waals surface area (Å²) in [5.74, 6) is 0.215. The molecule has 1 aliphatic rings. The van der Waals surface area contributed by atoms with E-state index in [0.29, 0.717) is 37.2 Å². The average Bonchev–Trinajstić information content (AvgIpc) is 2.79. The van der Waals surface area contributed by atoms with E-state index in [9.17, 15) is 13.2 Å². The largest absolute Gasteiger partial charge is 0.488 e. The number of esters is 1. The molecule has 156 valence electrons. The minimum absolute atomic E-state index is 0.0780. The molecule has 3 aromatic rings. The molecule has 7 nitrogen and oxygen atoms in total. The number of methoxy groups -OCH3 is 1. The number of hydrogen-bond donors (Lipinski definition) is 0. The highest BCUT2D eigenvalue weighted by Crippen LogP contribution is 2.28. The van der Waals surface area contributed by atoms with E-state index < -0.39 is 16.0 Å². The van der Waals surface area contributed by atoms with Crippen LogP contribution < -0.4 is 4.74 Å². The second kappa shape index (κ2) is 8.41. The minimum Gasteiger partial charge on any atom is -0.488 e. The number of carbonyl (C=O) groups is 1. The highest BCUT2D eigenvalue weighted by Gasteiger charge is 2.30. The van der Waals surface area contributed by atoms with Gasteiger partial charge in [0.2, 0.25) is 10.0 Å². The summed E-state index contributed by atoms with van der Waals surface area (Å²) in [6, 6.07) is 15.5. The molecule has 1 saturated heterocycles. The summed E-state index contributed by atoms with van der Waals surface area (Å²) in [7, 11) is -2.34. The Morgan fingerprint density at radius 3 is 2.43 bits per heavy atom. The van der Waals surface area contributed by atoms with Gasteiger partial charge in [0.15, 0.2) is 0 Å². The first-order valence-corrected chi connectivity index (χ1v) is 11.1. The molecule has 8 heteroatoms. The number of hydrogen-bond acceptors (Lipinski definition) is 6. The number of ether oxygens (including phenoxy) is 2. The zero-order chi connectivity index (χ0) is 21.1. The predicted molar refractivity (Wildman–Crippen MR) is 112 cm³/mol. The molecule has 0 atom stereocenters. The van der Waals surface area contributed by atoms with Crippen LogP contribution in [0.25, 0.3) is 10.9 Å². The van der Waals surface area contributed by atoms with Gasteiger partial charge in [0.05, 0.1) is 17.6 Å². The molecule has 0 saturated carbocycles. The topological polar surface area (TPSA) is 85.8 Å². The van der Waals surface area contributed by atoms with Crippen molar-refractivity contribution in [1.82, 2.24) is 9.29 Å². The van der Waals surface area contributed by atoms with E-state index in [4.69, 9.17) is 4.74 Å². The lowest BCUT2D eigenvalue weighted by Gasteiger charge is -2.31. The van der Waals surface area contributed by atoms with Gasteiger partial charge in [-0.2, -0.15) is 4.31 Å². The second-order valence-electron chi connectivity index (χ2n) is 7.07. The molecule has 0 unspecified atom stereocenters. The van der Waals surface area contributed by atoms with Gasteiger partial charge in [0, 0.05) is 24.7 Å². The number of piperidine rings is 1. The van der Waals surface area contributed by atoms with Crippen LogP contribution in [0.5, 0.6) is 5.75 Å². The molecule has 30 heavy (non-hydrogen) atoms. The monoisotopic (exact) mass is 426 g/mol. The summed E-state index contributed by atoms with van der Waals surface area (Å²) in [4.78, 5) is 16.1. The fraction of sp³-hybridized carbons (Fsp3) is 0.273. The third-order valence-corrected chi connectivity index (χ3v) is 7.12. The SMILES string of the molecule is COC(=O)c1ccc(S(=O)(=O)N2CCC(Oc3cccc4cccnc34)CC2)cc1. The maximum absolute atomic E-state index is 12.9. The highest BCUT2D eigenvalue weighted by atomic mass is 32.2. The summed E-state index contributed by atoms with van der Waals surface area (Å²) >= 11 is 0. The van der Waals surface area contributed by atoms with Crippen LogP contribution in [0.1, 0.15) is 23.2 Å². The number of pyridine rings is 1. The molecule has 1 fully saturated rings. The fourth-order valence-corrected chi connectivity index (χ4v) is 5.04. The average molecular weight is 426 g/mol. The van der Waals surface area contributed by atoms with Crippen LogP contribution in [0, 0.1) is 0 Å². The summed E-state index contributed by atoms with van der Waals surface area (Å²) < 4.78 is 38.1. The number of carbonyl (C=O) groups excluding carboxylic acids is 1. The van der Waals surface area contributed by atoms with Crippen LogP contribution in [-0.2, 0) is 14.8 Å². The van der Waals surface area contributed by atoms with E-state index in [1.165, 1.54) is 35.7 Å². The molecule has 0 bridgehead atoms. The molecule has 1 aromatic heterocycles. The zero-order valence-corrected chi connectivity index (χ0v) is 17.3. The smallest absolute Gasteiger partial charge is 0.337 e. The normalized spacial score (nSPS) is 15.8. The van der Waals surface area contributed by atoms with Crippen molar-refractivity contribution in [2.24, 2.45) is 0 Å². The number of rotatable bonds is 5. The van der Waals surface area contributed by atoms with Crippen molar-refractivity contribution in [3.8, 4) is 5.75 Å². The van der Waals surface area contributed by atoms with Crippen LogP contribution in [-0.4, -0.2) is 50.0 Å². The van der Waals surface area contributed by atoms with E-state index in [-0.39, 0.29) is 11.0 Å². The van der Waals surface area contributed by atoms with Crippen LogP contribution in [0.15, 0.2) is 65.7 Å². The number of sulfonamides is 1. The summed E-state index contributed by atoms with van der Waals surface area (Å²) in [5, 5.41) is 1.01. The third kappa shape index (κ3) is 4.01. The van der Waals surface area contributed by atoms with Crippen LogP contribution in [0.3, 0.4) is 0 Å². The van der Waals surface area contributed by atoms with E-state index in [0.717, 1.165) is 10.9 Å². The Morgan fingerprint density at radius 2 is 1.73 bits per heavy atom. The Morgan fingerprint density at radius 1 is 1.03 bits per heavy atom. The fourth-order valence-electron chi connectivity index (χ4n) is 3.57. The van der Waals surface area contributed by atoms with Gasteiger partial charge >= 0.3 is 5.97 Å². The lowest BCUT2D eigenvalue weighted by Crippen LogP contribution is -2.41. The first-order chi connectivity index (χ1) is 14.5. The van der Waals surface area contributed by atoms with Gasteiger partial charge in [0.25, 0.3) is 0 Å².